The van der Waals surface area contributed by atoms with Gasteiger partial charge in [-0.1, -0.05) is 23.7 Å². The van der Waals surface area contributed by atoms with Crippen LogP contribution in [-0.2, 0) is 4.79 Å². The third-order valence-electron chi connectivity index (χ3n) is 4.45. The van der Waals surface area contributed by atoms with Gasteiger partial charge in [-0.25, -0.2) is 4.98 Å². The van der Waals surface area contributed by atoms with Crippen LogP contribution in [0.2, 0.25) is 5.02 Å². The number of hydrogen-bond acceptors (Lipinski definition) is 3. The van der Waals surface area contributed by atoms with Gasteiger partial charge in [0.25, 0.3) is 5.91 Å². The first-order valence-electron chi connectivity index (χ1n) is 8.10. The number of aromatic nitrogens is 1. The van der Waals surface area contributed by atoms with Crippen LogP contribution in [0.1, 0.15) is 36.2 Å². The standard InChI is InChI=1S/C18H19ClN2O3/c19-14-6-4-13-5-7-15(20-16(13)10-14)18(24)21-9-1-2-12(11-21)3-8-17(22)23/h4-7,10,12H,1-3,8-9,11H2,(H,22,23). The first-order chi connectivity index (χ1) is 11.5. The summed E-state index contributed by atoms with van der Waals surface area (Å²) in [6.07, 6.45) is 2.63. The lowest BCUT2D eigenvalue weighted by atomic mass is 9.93. The van der Waals surface area contributed by atoms with E-state index in [1.54, 1.807) is 23.1 Å². The van der Waals surface area contributed by atoms with Crippen LogP contribution < -0.4 is 0 Å². The SMILES string of the molecule is O=C(O)CCC1CCCN(C(=O)c2ccc3ccc(Cl)cc3n2)C1. The highest BCUT2D eigenvalue weighted by atomic mass is 35.5. The minimum atomic E-state index is -0.786. The van der Waals surface area contributed by atoms with Crippen molar-refractivity contribution in [2.24, 2.45) is 5.92 Å². The lowest BCUT2D eigenvalue weighted by Gasteiger charge is -2.32. The Balaban J connectivity index is 1.74. The largest absolute Gasteiger partial charge is 0.481 e. The summed E-state index contributed by atoms with van der Waals surface area (Å²) in [4.78, 5) is 29.7. The number of likely N-dealkylation sites (tertiary alicyclic amines) is 1. The van der Waals surface area contributed by atoms with Gasteiger partial charge in [0.05, 0.1) is 5.52 Å². The Morgan fingerprint density at radius 1 is 1.29 bits per heavy atom. The van der Waals surface area contributed by atoms with Crippen molar-refractivity contribution in [3.8, 4) is 0 Å². The molecule has 0 bridgehead atoms. The number of rotatable bonds is 4. The summed E-state index contributed by atoms with van der Waals surface area (Å²) < 4.78 is 0. The molecule has 6 heteroatoms. The second-order valence-corrected chi connectivity index (χ2v) is 6.66. The van der Waals surface area contributed by atoms with Crippen LogP contribution in [0.4, 0.5) is 0 Å². The molecule has 1 aromatic carbocycles. The summed E-state index contributed by atoms with van der Waals surface area (Å²) in [5.41, 5.74) is 1.11. The third kappa shape index (κ3) is 3.85. The second kappa shape index (κ2) is 7.18. The number of carboxylic acid groups (broad SMARTS) is 1. The molecule has 24 heavy (non-hydrogen) atoms. The summed E-state index contributed by atoms with van der Waals surface area (Å²) in [5, 5.41) is 10.3. The molecule has 5 nitrogen and oxygen atoms in total. The van der Waals surface area contributed by atoms with Gasteiger partial charge < -0.3 is 10.0 Å². The van der Waals surface area contributed by atoms with Crippen LogP contribution in [0, 0.1) is 5.92 Å². The highest BCUT2D eigenvalue weighted by molar-refractivity contribution is 6.31. The van der Waals surface area contributed by atoms with Gasteiger partial charge in [-0.15, -0.1) is 0 Å². The number of piperidine rings is 1. The average molecular weight is 347 g/mol. The van der Waals surface area contributed by atoms with E-state index in [2.05, 4.69) is 4.98 Å². The Morgan fingerprint density at radius 3 is 2.88 bits per heavy atom. The predicted molar refractivity (Wildman–Crippen MR) is 92.3 cm³/mol. The zero-order valence-corrected chi connectivity index (χ0v) is 14.0. The van der Waals surface area contributed by atoms with E-state index in [9.17, 15) is 9.59 Å². The van der Waals surface area contributed by atoms with Crippen molar-refractivity contribution in [1.82, 2.24) is 9.88 Å². The van der Waals surface area contributed by atoms with E-state index in [0.29, 0.717) is 35.7 Å². The van der Waals surface area contributed by atoms with Crippen LogP contribution in [0.3, 0.4) is 0 Å². The summed E-state index contributed by atoms with van der Waals surface area (Å²) >= 11 is 6.00. The summed E-state index contributed by atoms with van der Waals surface area (Å²) in [5.74, 6) is -0.642. The monoisotopic (exact) mass is 346 g/mol. The molecule has 1 fully saturated rings. The van der Waals surface area contributed by atoms with Gasteiger partial charge in [-0.3, -0.25) is 9.59 Å². The van der Waals surface area contributed by atoms with Gasteiger partial charge in [0, 0.05) is 29.9 Å². The number of aliphatic carboxylic acids is 1. The lowest BCUT2D eigenvalue weighted by Crippen LogP contribution is -2.40. The van der Waals surface area contributed by atoms with Gasteiger partial charge in [0.1, 0.15) is 5.69 Å². The molecule has 3 rings (SSSR count). The number of amides is 1. The molecule has 0 saturated carbocycles. The number of benzene rings is 1. The molecule has 0 spiro atoms. The number of halogens is 1. The predicted octanol–water partition coefficient (Wildman–Crippen LogP) is 3.61. The average Bonchev–Trinajstić information content (AvgIpc) is 2.59. The van der Waals surface area contributed by atoms with E-state index in [4.69, 9.17) is 16.7 Å². The van der Waals surface area contributed by atoms with Gasteiger partial charge in [-0.2, -0.15) is 0 Å². The van der Waals surface area contributed by atoms with Crippen molar-refractivity contribution in [1.29, 1.82) is 0 Å². The maximum absolute atomic E-state index is 12.7. The molecule has 1 N–H and O–H groups in total. The number of carboxylic acids is 1. The van der Waals surface area contributed by atoms with Crippen molar-refractivity contribution in [2.45, 2.75) is 25.7 Å². The number of carbonyl (C=O) groups is 2. The summed E-state index contributed by atoms with van der Waals surface area (Å²) in [7, 11) is 0. The third-order valence-corrected chi connectivity index (χ3v) is 4.68. The molecule has 1 aromatic heterocycles. The van der Waals surface area contributed by atoms with Crippen molar-refractivity contribution in [3.05, 3.63) is 41.0 Å². The molecule has 126 valence electrons. The van der Waals surface area contributed by atoms with E-state index in [1.165, 1.54) is 0 Å². The van der Waals surface area contributed by atoms with E-state index in [0.717, 1.165) is 18.2 Å². The maximum Gasteiger partial charge on any atom is 0.303 e. The van der Waals surface area contributed by atoms with Crippen LogP contribution >= 0.6 is 11.6 Å². The number of nitrogens with zero attached hydrogens (tertiary/aromatic N) is 2. The Kier molecular flexibility index (Phi) is 5.00. The van der Waals surface area contributed by atoms with E-state index >= 15 is 0 Å². The Bertz CT molecular complexity index is 778. The van der Waals surface area contributed by atoms with E-state index in [-0.39, 0.29) is 18.2 Å². The van der Waals surface area contributed by atoms with E-state index < -0.39 is 5.97 Å². The minimum absolute atomic E-state index is 0.100. The molecule has 1 aliphatic heterocycles. The minimum Gasteiger partial charge on any atom is -0.481 e. The number of fused-ring (bicyclic) bond motifs is 1. The zero-order valence-electron chi connectivity index (χ0n) is 13.2. The smallest absolute Gasteiger partial charge is 0.303 e. The lowest BCUT2D eigenvalue weighted by molar-refractivity contribution is -0.137. The fourth-order valence-electron chi connectivity index (χ4n) is 3.18. The first-order valence-corrected chi connectivity index (χ1v) is 8.48. The van der Waals surface area contributed by atoms with Crippen LogP contribution in [-0.4, -0.2) is 40.0 Å². The molecule has 1 amide bonds. The molecule has 0 radical (unpaired) electrons. The number of pyridine rings is 1. The molecule has 2 aromatic rings. The van der Waals surface area contributed by atoms with Crippen molar-refractivity contribution in [3.63, 3.8) is 0 Å². The second-order valence-electron chi connectivity index (χ2n) is 6.23. The summed E-state index contributed by atoms with van der Waals surface area (Å²) in [6.45, 7) is 1.29. The van der Waals surface area contributed by atoms with Crippen molar-refractivity contribution in [2.75, 3.05) is 13.1 Å². The van der Waals surface area contributed by atoms with Crippen molar-refractivity contribution < 1.29 is 14.7 Å². The van der Waals surface area contributed by atoms with E-state index in [1.807, 2.05) is 12.1 Å². The fourth-order valence-corrected chi connectivity index (χ4v) is 3.35. The van der Waals surface area contributed by atoms with Crippen LogP contribution in [0.15, 0.2) is 30.3 Å². The normalized spacial score (nSPS) is 17.9. The molecule has 1 saturated heterocycles. The maximum atomic E-state index is 12.7. The van der Waals surface area contributed by atoms with Crippen LogP contribution in [0.5, 0.6) is 0 Å². The van der Waals surface area contributed by atoms with Crippen molar-refractivity contribution >= 4 is 34.4 Å². The Labute approximate surface area is 145 Å². The molecule has 0 aliphatic carbocycles. The zero-order chi connectivity index (χ0) is 17.1. The topological polar surface area (TPSA) is 70.5 Å². The highest BCUT2D eigenvalue weighted by Crippen LogP contribution is 2.23. The number of carbonyl (C=O) groups excluding carboxylic acids is 1. The van der Waals surface area contributed by atoms with Crippen LogP contribution in [0.25, 0.3) is 10.9 Å². The van der Waals surface area contributed by atoms with Gasteiger partial charge in [0.2, 0.25) is 0 Å². The summed E-state index contributed by atoms with van der Waals surface area (Å²) in [6, 6.07) is 9.03. The Morgan fingerprint density at radius 2 is 2.08 bits per heavy atom. The fraction of sp³-hybridized carbons (Fsp3) is 0.389. The quantitative estimate of drug-likeness (QED) is 0.918. The number of hydrogen-bond donors (Lipinski definition) is 1. The Hall–Kier alpha value is -2.14. The van der Waals surface area contributed by atoms with Gasteiger partial charge in [-0.05, 0) is 43.4 Å². The molecule has 1 aliphatic rings. The molecule has 1 unspecified atom stereocenters. The molecular formula is C18H19ClN2O3. The van der Waals surface area contributed by atoms with Gasteiger partial charge in [0.15, 0.2) is 0 Å². The molecular weight excluding hydrogens is 328 g/mol. The van der Waals surface area contributed by atoms with Gasteiger partial charge >= 0.3 is 5.97 Å². The molecule has 2 heterocycles. The molecule has 1 atom stereocenters. The first kappa shape index (κ1) is 16.7. The highest BCUT2D eigenvalue weighted by Gasteiger charge is 2.25.